The van der Waals surface area contributed by atoms with E-state index in [1.807, 2.05) is 32.0 Å². The van der Waals surface area contributed by atoms with Crippen LogP contribution in [-0.4, -0.2) is 11.8 Å². The monoisotopic (exact) mass is 274 g/mol. The van der Waals surface area contributed by atoms with E-state index in [4.69, 9.17) is 4.74 Å². The Balaban J connectivity index is 1.83. The van der Waals surface area contributed by atoms with Gasteiger partial charge in [-0.25, -0.2) is 0 Å². The fraction of sp³-hybridized carbons (Fsp3) is 0.647. The molecular formula is C17H26N2O. The average molecular weight is 274 g/mol. The zero-order valence-electron chi connectivity index (χ0n) is 12.7. The van der Waals surface area contributed by atoms with Gasteiger partial charge in [0.2, 0.25) is 0 Å². The Morgan fingerprint density at radius 3 is 2.35 bits per heavy atom. The third kappa shape index (κ3) is 5.41. The second-order valence-electron chi connectivity index (χ2n) is 6.08. The summed E-state index contributed by atoms with van der Waals surface area (Å²) in [4.78, 5) is 0. The van der Waals surface area contributed by atoms with E-state index in [2.05, 4.69) is 22.4 Å². The van der Waals surface area contributed by atoms with Crippen molar-refractivity contribution in [3.05, 3.63) is 35.9 Å². The summed E-state index contributed by atoms with van der Waals surface area (Å²) in [6.07, 6.45) is 7.63. The molecule has 0 bridgehead atoms. The molecule has 3 nitrogen and oxygen atoms in total. The summed E-state index contributed by atoms with van der Waals surface area (Å²) in [7, 11) is 0. The van der Waals surface area contributed by atoms with Gasteiger partial charge in [0, 0.05) is 0 Å². The van der Waals surface area contributed by atoms with Crippen LogP contribution in [0, 0.1) is 0 Å². The normalized spacial score (nSPS) is 18.3. The first kappa shape index (κ1) is 15.2. The second-order valence-corrected chi connectivity index (χ2v) is 6.08. The molecule has 3 heteroatoms. The molecule has 1 aromatic carbocycles. The number of benzene rings is 1. The summed E-state index contributed by atoms with van der Waals surface area (Å²) in [5.41, 5.74) is 0.632. The number of hydrogen-bond acceptors (Lipinski definition) is 3. The first-order valence-electron chi connectivity index (χ1n) is 7.76. The SMILES string of the molecule is CC(C)(N=NC1CCCCCC1)OCc1ccccc1. The van der Waals surface area contributed by atoms with Gasteiger partial charge in [-0.15, -0.1) is 0 Å². The lowest BCUT2D eigenvalue weighted by molar-refractivity contribution is -0.0288. The number of azo groups is 1. The number of hydrogen-bond donors (Lipinski definition) is 0. The molecule has 0 spiro atoms. The summed E-state index contributed by atoms with van der Waals surface area (Å²) in [5, 5.41) is 8.97. The minimum Gasteiger partial charge on any atom is -0.348 e. The van der Waals surface area contributed by atoms with Gasteiger partial charge < -0.3 is 4.74 Å². The van der Waals surface area contributed by atoms with Crippen LogP contribution in [0.25, 0.3) is 0 Å². The lowest BCUT2D eigenvalue weighted by Gasteiger charge is -2.20. The van der Waals surface area contributed by atoms with Crippen LogP contribution in [0.2, 0.25) is 0 Å². The van der Waals surface area contributed by atoms with Crippen molar-refractivity contribution < 1.29 is 4.74 Å². The molecule has 0 unspecified atom stereocenters. The molecule has 0 saturated heterocycles. The van der Waals surface area contributed by atoms with Crippen LogP contribution in [0.1, 0.15) is 57.9 Å². The fourth-order valence-corrected chi connectivity index (χ4v) is 2.46. The van der Waals surface area contributed by atoms with Gasteiger partial charge in [-0.3, -0.25) is 0 Å². The Morgan fingerprint density at radius 1 is 1.05 bits per heavy atom. The molecular weight excluding hydrogens is 248 g/mol. The van der Waals surface area contributed by atoms with Crippen molar-refractivity contribution in [3.63, 3.8) is 0 Å². The van der Waals surface area contributed by atoms with Crippen LogP contribution in [0.4, 0.5) is 0 Å². The van der Waals surface area contributed by atoms with Crippen molar-refractivity contribution in [2.45, 2.75) is 70.7 Å². The van der Waals surface area contributed by atoms with Gasteiger partial charge >= 0.3 is 0 Å². The predicted octanol–water partition coefficient (Wildman–Crippen LogP) is 5.11. The van der Waals surface area contributed by atoms with Gasteiger partial charge in [0.15, 0.2) is 5.72 Å². The molecule has 0 radical (unpaired) electrons. The number of ether oxygens (including phenoxy) is 1. The van der Waals surface area contributed by atoms with Crippen molar-refractivity contribution in [3.8, 4) is 0 Å². The van der Waals surface area contributed by atoms with Gasteiger partial charge in [0.1, 0.15) is 0 Å². The molecule has 0 atom stereocenters. The lowest BCUT2D eigenvalue weighted by atomic mass is 10.1. The van der Waals surface area contributed by atoms with Crippen molar-refractivity contribution in [1.82, 2.24) is 0 Å². The minimum absolute atomic E-state index is 0.400. The molecule has 1 saturated carbocycles. The first-order chi connectivity index (χ1) is 9.66. The maximum atomic E-state index is 5.88. The number of rotatable bonds is 5. The van der Waals surface area contributed by atoms with Crippen LogP contribution in [0.5, 0.6) is 0 Å². The summed E-state index contributed by atoms with van der Waals surface area (Å²) in [5.74, 6) is 0. The van der Waals surface area contributed by atoms with E-state index >= 15 is 0 Å². The summed E-state index contributed by atoms with van der Waals surface area (Å²) in [6.45, 7) is 4.55. The molecule has 1 aliphatic carbocycles. The van der Waals surface area contributed by atoms with Gasteiger partial charge in [-0.1, -0.05) is 56.0 Å². The van der Waals surface area contributed by atoms with Crippen molar-refractivity contribution in [1.29, 1.82) is 0 Å². The lowest BCUT2D eigenvalue weighted by Crippen LogP contribution is -2.21. The van der Waals surface area contributed by atoms with Crippen molar-refractivity contribution >= 4 is 0 Å². The highest BCUT2D eigenvalue weighted by molar-refractivity contribution is 5.13. The van der Waals surface area contributed by atoms with Gasteiger partial charge in [-0.05, 0) is 32.3 Å². The highest BCUT2D eigenvalue weighted by atomic mass is 16.5. The van der Waals surface area contributed by atoms with Crippen molar-refractivity contribution in [2.24, 2.45) is 10.2 Å². The molecule has 0 heterocycles. The summed E-state index contributed by atoms with van der Waals surface area (Å²) < 4.78 is 5.88. The van der Waals surface area contributed by atoms with Crippen molar-refractivity contribution in [2.75, 3.05) is 0 Å². The molecule has 0 amide bonds. The van der Waals surface area contributed by atoms with E-state index in [0.29, 0.717) is 12.6 Å². The predicted molar refractivity (Wildman–Crippen MR) is 81.7 cm³/mol. The molecule has 0 aromatic heterocycles. The smallest absolute Gasteiger partial charge is 0.173 e. The molecule has 110 valence electrons. The van der Waals surface area contributed by atoms with Crippen LogP contribution < -0.4 is 0 Å². The maximum absolute atomic E-state index is 5.88. The van der Waals surface area contributed by atoms with E-state index < -0.39 is 5.72 Å². The molecule has 0 aliphatic heterocycles. The zero-order valence-corrected chi connectivity index (χ0v) is 12.7. The van der Waals surface area contributed by atoms with E-state index in [0.717, 1.165) is 0 Å². The van der Waals surface area contributed by atoms with Crippen LogP contribution >= 0.6 is 0 Å². The third-order valence-electron chi connectivity index (χ3n) is 3.72. The third-order valence-corrected chi connectivity index (χ3v) is 3.72. The Hall–Kier alpha value is -1.22. The van der Waals surface area contributed by atoms with Crippen LogP contribution in [0.3, 0.4) is 0 Å². The van der Waals surface area contributed by atoms with Gasteiger partial charge in [-0.2, -0.15) is 10.2 Å². The van der Waals surface area contributed by atoms with E-state index in [1.165, 1.54) is 44.1 Å². The molecule has 2 rings (SSSR count). The number of nitrogens with zero attached hydrogens (tertiary/aromatic N) is 2. The van der Waals surface area contributed by atoms with Crippen LogP contribution in [0.15, 0.2) is 40.6 Å². The summed E-state index contributed by atoms with van der Waals surface area (Å²) in [6, 6.07) is 10.6. The van der Waals surface area contributed by atoms with Gasteiger partial charge in [0.25, 0.3) is 0 Å². The highest BCUT2D eigenvalue weighted by Crippen LogP contribution is 2.22. The molecule has 20 heavy (non-hydrogen) atoms. The molecule has 1 aromatic rings. The zero-order chi connectivity index (χ0) is 14.3. The molecule has 0 N–H and O–H groups in total. The molecule has 1 aliphatic rings. The van der Waals surface area contributed by atoms with Crippen LogP contribution in [-0.2, 0) is 11.3 Å². The maximum Gasteiger partial charge on any atom is 0.173 e. The van der Waals surface area contributed by atoms with Gasteiger partial charge in [0.05, 0.1) is 12.6 Å². The quantitative estimate of drug-likeness (QED) is 0.542. The Bertz CT molecular complexity index is 406. The van der Waals surface area contributed by atoms with E-state index in [9.17, 15) is 0 Å². The minimum atomic E-state index is -0.540. The fourth-order valence-electron chi connectivity index (χ4n) is 2.46. The highest BCUT2D eigenvalue weighted by Gasteiger charge is 2.19. The largest absolute Gasteiger partial charge is 0.348 e. The Morgan fingerprint density at radius 2 is 1.70 bits per heavy atom. The second kappa shape index (κ2) is 7.53. The standard InChI is InChI=1S/C17H26N2O/c1-17(2,20-14-15-10-6-5-7-11-15)19-18-16-12-8-3-4-9-13-16/h5-7,10-11,16H,3-4,8-9,12-14H2,1-2H3. The molecule has 1 fully saturated rings. The summed E-state index contributed by atoms with van der Waals surface area (Å²) >= 11 is 0. The Labute approximate surface area is 122 Å². The van der Waals surface area contributed by atoms with E-state index in [1.54, 1.807) is 0 Å². The van der Waals surface area contributed by atoms with E-state index in [-0.39, 0.29) is 0 Å². The first-order valence-corrected chi connectivity index (χ1v) is 7.76. The topological polar surface area (TPSA) is 34.0 Å². The average Bonchev–Trinajstić information content (AvgIpc) is 2.73. The Kier molecular flexibility index (Phi) is 5.72.